The average Bonchev–Trinajstić information content (AvgIpc) is 3.30. The Bertz CT molecular complexity index is 1290. The SMILES string of the molecule is Fc1cc(Nc2ncc3ncn(-c4ccc5cn[nH]c5c4)c3n2)ccc1Cl. The monoisotopic (exact) mass is 379 g/mol. The molecule has 0 saturated heterocycles. The minimum absolute atomic E-state index is 0.0594. The number of aromatic amines is 1. The average molecular weight is 380 g/mol. The van der Waals surface area contributed by atoms with Gasteiger partial charge in [-0.15, -0.1) is 0 Å². The van der Waals surface area contributed by atoms with Crippen LogP contribution in [0.4, 0.5) is 16.0 Å². The summed E-state index contributed by atoms with van der Waals surface area (Å²) in [5.74, 6) is -0.186. The Morgan fingerprint density at radius 1 is 1.07 bits per heavy atom. The first-order chi connectivity index (χ1) is 13.2. The van der Waals surface area contributed by atoms with Crippen molar-refractivity contribution in [3.8, 4) is 5.69 Å². The molecule has 9 heteroatoms. The van der Waals surface area contributed by atoms with Crippen LogP contribution in [0.25, 0.3) is 27.8 Å². The van der Waals surface area contributed by atoms with Crippen LogP contribution < -0.4 is 5.32 Å². The number of fused-ring (bicyclic) bond motifs is 2. The number of hydrogen-bond acceptors (Lipinski definition) is 5. The van der Waals surface area contributed by atoms with E-state index in [1.165, 1.54) is 12.1 Å². The predicted molar refractivity (Wildman–Crippen MR) is 101 cm³/mol. The quantitative estimate of drug-likeness (QED) is 0.490. The summed E-state index contributed by atoms with van der Waals surface area (Å²) in [5.41, 5.74) is 3.57. The first-order valence-corrected chi connectivity index (χ1v) is 8.41. The molecule has 2 N–H and O–H groups in total. The zero-order valence-electron chi connectivity index (χ0n) is 13.7. The van der Waals surface area contributed by atoms with Crippen LogP contribution in [0.1, 0.15) is 0 Å². The summed E-state index contributed by atoms with van der Waals surface area (Å²) in [5, 5.41) is 11.0. The number of H-pyrrole nitrogens is 1. The van der Waals surface area contributed by atoms with E-state index in [-0.39, 0.29) is 5.02 Å². The Balaban J connectivity index is 1.56. The molecule has 0 aliphatic carbocycles. The highest BCUT2D eigenvalue weighted by Gasteiger charge is 2.10. The number of halogens is 2. The molecule has 0 amide bonds. The van der Waals surface area contributed by atoms with Crippen molar-refractivity contribution in [3.63, 3.8) is 0 Å². The minimum Gasteiger partial charge on any atom is -0.324 e. The molecule has 0 radical (unpaired) electrons. The fraction of sp³-hybridized carbons (Fsp3) is 0. The molecule has 2 aromatic carbocycles. The van der Waals surface area contributed by atoms with Crippen LogP contribution in [0.5, 0.6) is 0 Å². The summed E-state index contributed by atoms with van der Waals surface area (Å²) in [6.45, 7) is 0. The molecule has 0 fully saturated rings. The van der Waals surface area contributed by atoms with E-state index in [9.17, 15) is 4.39 Å². The lowest BCUT2D eigenvalue weighted by molar-refractivity contribution is 0.629. The van der Waals surface area contributed by atoms with Gasteiger partial charge in [0.05, 0.1) is 28.6 Å². The molecule has 0 saturated carbocycles. The standard InChI is InChI=1S/C18H11ClFN7/c19-13-4-2-11(5-14(13)20)24-18-21-8-16-17(25-18)27(9-22-16)12-3-1-10-7-23-26-15(10)6-12/h1-9H,(H,23,26)(H,21,24,25). The normalized spacial score (nSPS) is 11.3. The van der Waals surface area contributed by atoms with Crippen molar-refractivity contribution in [2.24, 2.45) is 0 Å². The third-order valence-electron chi connectivity index (χ3n) is 4.17. The van der Waals surface area contributed by atoms with E-state index < -0.39 is 5.82 Å². The zero-order chi connectivity index (χ0) is 18.4. The second-order valence-corrected chi connectivity index (χ2v) is 6.32. The van der Waals surface area contributed by atoms with Crippen molar-refractivity contribution in [2.75, 3.05) is 5.32 Å². The van der Waals surface area contributed by atoms with Gasteiger partial charge in [0.15, 0.2) is 5.65 Å². The van der Waals surface area contributed by atoms with Crippen molar-refractivity contribution in [1.29, 1.82) is 0 Å². The van der Waals surface area contributed by atoms with E-state index in [4.69, 9.17) is 11.6 Å². The summed E-state index contributed by atoms with van der Waals surface area (Å²) >= 11 is 5.72. The Labute approximate surface area is 156 Å². The number of imidazole rings is 1. The van der Waals surface area contributed by atoms with E-state index in [1.807, 2.05) is 22.8 Å². The van der Waals surface area contributed by atoms with Crippen molar-refractivity contribution >= 4 is 45.3 Å². The number of anilines is 2. The van der Waals surface area contributed by atoms with Crippen molar-refractivity contribution in [1.82, 2.24) is 29.7 Å². The zero-order valence-corrected chi connectivity index (χ0v) is 14.4. The number of rotatable bonds is 3. The molecule has 0 aliphatic rings. The van der Waals surface area contributed by atoms with Crippen LogP contribution in [-0.2, 0) is 0 Å². The van der Waals surface area contributed by atoms with Crippen molar-refractivity contribution in [2.45, 2.75) is 0 Å². The molecule has 0 unspecified atom stereocenters. The third-order valence-corrected chi connectivity index (χ3v) is 4.48. The summed E-state index contributed by atoms with van der Waals surface area (Å²) in [6, 6.07) is 10.3. The highest BCUT2D eigenvalue weighted by molar-refractivity contribution is 6.30. The van der Waals surface area contributed by atoms with Crippen molar-refractivity contribution < 1.29 is 4.39 Å². The smallest absolute Gasteiger partial charge is 0.229 e. The van der Waals surface area contributed by atoms with Gasteiger partial charge in [-0.3, -0.25) is 9.67 Å². The lowest BCUT2D eigenvalue weighted by Gasteiger charge is -2.07. The lowest BCUT2D eigenvalue weighted by atomic mass is 10.2. The highest BCUT2D eigenvalue weighted by atomic mass is 35.5. The highest BCUT2D eigenvalue weighted by Crippen LogP contribution is 2.23. The summed E-state index contributed by atoms with van der Waals surface area (Å²) in [4.78, 5) is 13.1. The van der Waals surface area contributed by atoms with E-state index in [2.05, 4.69) is 30.5 Å². The third kappa shape index (κ3) is 2.76. The van der Waals surface area contributed by atoms with Gasteiger partial charge in [-0.1, -0.05) is 11.6 Å². The molecule has 3 aromatic heterocycles. The number of nitrogens with zero attached hydrogens (tertiary/aromatic N) is 5. The molecule has 27 heavy (non-hydrogen) atoms. The Kier molecular flexibility index (Phi) is 3.51. The van der Waals surface area contributed by atoms with Crippen LogP contribution in [-0.4, -0.2) is 29.7 Å². The summed E-state index contributed by atoms with van der Waals surface area (Å²) in [7, 11) is 0. The van der Waals surface area contributed by atoms with Gasteiger partial charge in [0.25, 0.3) is 0 Å². The van der Waals surface area contributed by atoms with Crippen LogP contribution in [0.15, 0.2) is 55.1 Å². The Morgan fingerprint density at radius 3 is 2.89 bits per heavy atom. The van der Waals surface area contributed by atoms with Gasteiger partial charge in [0.1, 0.15) is 17.7 Å². The van der Waals surface area contributed by atoms with Crippen LogP contribution in [0, 0.1) is 5.82 Å². The number of hydrogen-bond donors (Lipinski definition) is 2. The first-order valence-electron chi connectivity index (χ1n) is 8.03. The van der Waals surface area contributed by atoms with Gasteiger partial charge in [0, 0.05) is 11.1 Å². The van der Waals surface area contributed by atoms with E-state index in [0.29, 0.717) is 22.8 Å². The Morgan fingerprint density at radius 2 is 2.00 bits per heavy atom. The summed E-state index contributed by atoms with van der Waals surface area (Å²) < 4.78 is 15.5. The summed E-state index contributed by atoms with van der Waals surface area (Å²) in [6.07, 6.45) is 5.06. The molecule has 5 aromatic rings. The predicted octanol–water partition coefficient (Wildman–Crippen LogP) is 4.23. The maximum Gasteiger partial charge on any atom is 0.229 e. The molecule has 0 atom stereocenters. The first kappa shape index (κ1) is 15.7. The van der Waals surface area contributed by atoms with E-state index >= 15 is 0 Å². The molecule has 0 spiro atoms. The Hall–Kier alpha value is -3.52. The maximum absolute atomic E-state index is 13.6. The van der Waals surface area contributed by atoms with Gasteiger partial charge < -0.3 is 5.32 Å². The number of benzene rings is 2. The van der Waals surface area contributed by atoms with E-state index in [0.717, 1.165) is 16.6 Å². The van der Waals surface area contributed by atoms with Gasteiger partial charge in [-0.05, 0) is 36.4 Å². The topological polar surface area (TPSA) is 84.3 Å². The molecule has 5 rings (SSSR count). The van der Waals surface area contributed by atoms with E-state index in [1.54, 1.807) is 24.8 Å². The van der Waals surface area contributed by atoms with Crippen LogP contribution in [0.2, 0.25) is 5.02 Å². The van der Waals surface area contributed by atoms with Gasteiger partial charge in [-0.2, -0.15) is 10.1 Å². The number of aromatic nitrogens is 6. The molecular weight excluding hydrogens is 369 g/mol. The molecule has 0 bridgehead atoms. The lowest BCUT2D eigenvalue weighted by Crippen LogP contribution is -2.00. The van der Waals surface area contributed by atoms with Gasteiger partial charge >= 0.3 is 0 Å². The second kappa shape index (κ2) is 6.03. The maximum atomic E-state index is 13.6. The second-order valence-electron chi connectivity index (χ2n) is 5.91. The molecule has 3 heterocycles. The number of nitrogens with one attached hydrogen (secondary N) is 2. The van der Waals surface area contributed by atoms with Gasteiger partial charge in [-0.25, -0.2) is 14.4 Å². The molecule has 132 valence electrons. The van der Waals surface area contributed by atoms with Crippen LogP contribution in [0.3, 0.4) is 0 Å². The molecular formula is C18H11ClFN7. The fourth-order valence-corrected chi connectivity index (χ4v) is 2.95. The fourth-order valence-electron chi connectivity index (χ4n) is 2.84. The van der Waals surface area contributed by atoms with Crippen LogP contribution >= 0.6 is 11.6 Å². The largest absolute Gasteiger partial charge is 0.324 e. The molecule has 0 aliphatic heterocycles. The van der Waals surface area contributed by atoms with Crippen molar-refractivity contribution in [3.05, 3.63) is 66.0 Å². The molecule has 7 nitrogen and oxygen atoms in total. The van der Waals surface area contributed by atoms with Gasteiger partial charge in [0.2, 0.25) is 5.95 Å². The minimum atomic E-state index is -0.513.